The molecule has 1 fully saturated rings. The van der Waals surface area contributed by atoms with E-state index in [1.807, 2.05) is 0 Å². The van der Waals surface area contributed by atoms with Gasteiger partial charge in [0, 0.05) is 18.8 Å². The largest absolute Gasteiger partial charge is 0.307 e. The maximum absolute atomic E-state index is 13.7. The minimum atomic E-state index is -0.907. The summed E-state index contributed by atoms with van der Waals surface area (Å²) >= 11 is 5.64. The molecule has 18 heavy (non-hydrogen) atoms. The normalized spacial score (nSPS) is 19.1. The molecular formula is C12H9ClF2N2O. The van der Waals surface area contributed by atoms with Crippen LogP contribution in [0, 0.1) is 28.9 Å². The van der Waals surface area contributed by atoms with Gasteiger partial charge >= 0.3 is 0 Å². The molecule has 3 nitrogen and oxygen atoms in total. The fraction of sp³-hybridized carbons (Fsp3) is 0.333. The molecule has 0 aromatic heterocycles. The van der Waals surface area contributed by atoms with Crippen LogP contribution >= 0.6 is 11.6 Å². The lowest BCUT2D eigenvalue weighted by Crippen LogP contribution is -2.27. The number of anilines is 1. The van der Waals surface area contributed by atoms with Crippen molar-refractivity contribution in [3.63, 3.8) is 0 Å². The summed E-state index contributed by atoms with van der Waals surface area (Å²) in [5.74, 6) is -2.01. The van der Waals surface area contributed by atoms with Gasteiger partial charge in [-0.1, -0.05) is 0 Å². The summed E-state index contributed by atoms with van der Waals surface area (Å²) in [5.41, 5.74) is -0.513. The molecule has 1 unspecified atom stereocenters. The molecule has 0 bridgehead atoms. The number of carbonyl (C=O) groups is 1. The zero-order chi connectivity index (χ0) is 13.3. The van der Waals surface area contributed by atoms with Crippen molar-refractivity contribution in [2.24, 2.45) is 5.92 Å². The standard InChI is InChI=1S/C12H9ClF2N2O/c13-4-8-3-11(18)17(6-8)12-9(14)1-7(5-16)2-10(12)15/h1-2,8H,3-4,6H2. The summed E-state index contributed by atoms with van der Waals surface area (Å²) in [7, 11) is 0. The Morgan fingerprint density at radius 1 is 1.44 bits per heavy atom. The molecule has 1 aromatic rings. The van der Waals surface area contributed by atoms with Crippen molar-refractivity contribution >= 4 is 23.2 Å². The van der Waals surface area contributed by atoms with Gasteiger partial charge in [0.05, 0.1) is 11.6 Å². The van der Waals surface area contributed by atoms with Crippen LogP contribution in [-0.2, 0) is 4.79 Å². The summed E-state index contributed by atoms with van der Waals surface area (Å²) in [6.45, 7) is 0.197. The maximum atomic E-state index is 13.7. The minimum absolute atomic E-state index is 0.103. The lowest BCUT2D eigenvalue weighted by molar-refractivity contribution is -0.117. The predicted octanol–water partition coefficient (Wildman–Crippen LogP) is 2.43. The molecule has 0 spiro atoms. The predicted molar refractivity (Wildman–Crippen MR) is 62.3 cm³/mol. The number of alkyl halides is 1. The molecular weight excluding hydrogens is 262 g/mol. The van der Waals surface area contributed by atoms with E-state index in [1.165, 1.54) is 0 Å². The number of nitriles is 1. The zero-order valence-electron chi connectivity index (χ0n) is 9.29. The third-order valence-corrected chi connectivity index (χ3v) is 3.28. The molecule has 0 saturated carbocycles. The van der Waals surface area contributed by atoms with E-state index in [0.717, 1.165) is 17.0 Å². The zero-order valence-corrected chi connectivity index (χ0v) is 10.0. The van der Waals surface area contributed by atoms with E-state index in [1.54, 1.807) is 6.07 Å². The van der Waals surface area contributed by atoms with E-state index in [2.05, 4.69) is 0 Å². The van der Waals surface area contributed by atoms with Crippen molar-refractivity contribution in [1.29, 1.82) is 5.26 Å². The van der Waals surface area contributed by atoms with E-state index >= 15 is 0 Å². The number of nitrogens with zero attached hydrogens (tertiary/aromatic N) is 2. The van der Waals surface area contributed by atoms with Gasteiger partial charge in [0.2, 0.25) is 5.91 Å². The Hall–Kier alpha value is -1.67. The van der Waals surface area contributed by atoms with E-state index in [0.29, 0.717) is 0 Å². The maximum Gasteiger partial charge on any atom is 0.227 e. The molecule has 2 rings (SSSR count). The number of benzene rings is 1. The number of hydrogen-bond acceptors (Lipinski definition) is 2. The Balaban J connectivity index is 2.41. The average Bonchev–Trinajstić information content (AvgIpc) is 2.70. The SMILES string of the molecule is N#Cc1cc(F)c(N2CC(CCl)CC2=O)c(F)c1. The smallest absolute Gasteiger partial charge is 0.227 e. The highest BCUT2D eigenvalue weighted by atomic mass is 35.5. The topological polar surface area (TPSA) is 44.1 Å². The van der Waals surface area contributed by atoms with Gasteiger partial charge in [-0.25, -0.2) is 8.78 Å². The molecule has 6 heteroatoms. The molecule has 1 amide bonds. The number of carbonyl (C=O) groups excluding carboxylic acids is 1. The fourth-order valence-corrected chi connectivity index (χ4v) is 2.20. The highest BCUT2D eigenvalue weighted by molar-refractivity contribution is 6.18. The Kier molecular flexibility index (Phi) is 3.48. The summed E-state index contributed by atoms with van der Waals surface area (Å²) in [5, 5.41) is 8.59. The lowest BCUT2D eigenvalue weighted by Gasteiger charge is -2.18. The van der Waals surface area contributed by atoms with Crippen molar-refractivity contribution < 1.29 is 13.6 Å². The summed E-state index contributed by atoms with van der Waals surface area (Å²) in [4.78, 5) is 12.7. The van der Waals surface area contributed by atoms with Crippen LogP contribution in [0.5, 0.6) is 0 Å². The van der Waals surface area contributed by atoms with Crippen LogP contribution in [0.4, 0.5) is 14.5 Å². The Morgan fingerprint density at radius 2 is 2.06 bits per heavy atom. The molecule has 0 aliphatic carbocycles. The van der Waals surface area contributed by atoms with Crippen LogP contribution < -0.4 is 4.90 Å². The van der Waals surface area contributed by atoms with Crippen LogP contribution in [0.2, 0.25) is 0 Å². The quantitative estimate of drug-likeness (QED) is 0.775. The van der Waals surface area contributed by atoms with Gasteiger partial charge in [-0.05, 0) is 18.1 Å². The molecule has 1 aromatic carbocycles. The summed E-state index contributed by atoms with van der Waals surface area (Å²) in [6, 6.07) is 3.49. The van der Waals surface area contributed by atoms with Gasteiger partial charge in [0.25, 0.3) is 0 Å². The monoisotopic (exact) mass is 270 g/mol. The van der Waals surface area contributed by atoms with Crippen LogP contribution in [0.15, 0.2) is 12.1 Å². The van der Waals surface area contributed by atoms with Crippen molar-refractivity contribution in [3.8, 4) is 6.07 Å². The first kappa shape index (κ1) is 12.8. The first-order valence-electron chi connectivity index (χ1n) is 5.32. The average molecular weight is 271 g/mol. The number of rotatable bonds is 2. The van der Waals surface area contributed by atoms with Crippen LogP contribution in [0.25, 0.3) is 0 Å². The molecule has 1 saturated heterocycles. The van der Waals surface area contributed by atoms with Gasteiger partial charge in [-0.2, -0.15) is 5.26 Å². The van der Waals surface area contributed by atoms with E-state index < -0.39 is 17.3 Å². The number of halogens is 3. The Labute approximate surface area is 108 Å². The summed E-state index contributed by atoms with van der Waals surface area (Å²) in [6.07, 6.45) is 0.183. The van der Waals surface area contributed by atoms with Crippen molar-refractivity contribution in [2.45, 2.75) is 6.42 Å². The molecule has 0 radical (unpaired) electrons. The van der Waals surface area contributed by atoms with Crippen LogP contribution in [-0.4, -0.2) is 18.3 Å². The van der Waals surface area contributed by atoms with Crippen molar-refractivity contribution in [2.75, 3.05) is 17.3 Å². The second kappa shape index (κ2) is 4.91. The first-order valence-corrected chi connectivity index (χ1v) is 5.85. The third-order valence-electron chi connectivity index (χ3n) is 2.84. The van der Waals surface area contributed by atoms with Gasteiger partial charge in [0.15, 0.2) is 11.6 Å². The van der Waals surface area contributed by atoms with Crippen LogP contribution in [0.3, 0.4) is 0 Å². The van der Waals surface area contributed by atoms with Crippen molar-refractivity contribution in [1.82, 2.24) is 0 Å². The number of amides is 1. The Morgan fingerprint density at radius 3 is 2.50 bits per heavy atom. The van der Waals surface area contributed by atoms with Crippen molar-refractivity contribution in [3.05, 3.63) is 29.3 Å². The molecule has 94 valence electrons. The third kappa shape index (κ3) is 2.16. The fourth-order valence-electron chi connectivity index (χ4n) is 1.99. The molecule has 1 heterocycles. The van der Waals surface area contributed by atoms with E-state index in [4.69, 9.17) is 16.9 Å². The van der Waals surface area contributed by atoms with Gasteiger partial charge < -0.3 is 4.90 Å². The summed E-state index contributed by atoms with van der Waals surface area (Å²) < 4.78 is 27.5. The second-order valence-corrected chi connectivity index (χ2v) is 4.44. The molecule has 0 N–H and O–H groups in total. The Bertz CT molecular complexity index is 518. The van der Waals surface area contributed by atoms with Crippen LogP contribution in [0.1, 0.15) is 12.0 Å². The first-order chi connectivity index (χ1) is 8.56. The minimum Gasteiger partial charge on any atom is -0.307 e. The lowest BCUT2D eigenvalue weighted by atomic mass is 10.1. The number of hydrogen-bond donors (Lipinski definition) is 0. The van der Waals surface area contributed by atoms with Gasteiger partial charge in [0.1, 0.15) is 5.69 Å². The second-order valence-electron chi connectivity index (χ2n) is 4.13. The molecule has 1 atom stereocenters. The molecule has 1 aliphatic rings. The molecule has 1 aliphatic heterocycles. The van der Waals surface area contributed by atoms with E-state index in [9.17, 15) is 13.6 Å². The highest BCUT2D eigenvalue weighted by Gasteiger charge is 2.33. The van der Waals surface area contributed by atoms with Gasteiger partial charge in [-0.15, -0.1) is 11.6 Å². The van der Waals surface area contributed by atoms with Gasteiger partial charge in [-0.3, -0.25) is 4.79 Å². The van der Waals surface area contributed by atoms with E-state index in [-0.39, 0.29) is 36.2 Å². The highest BCUT2D eigenvalue weighted by Crippen LogP contribution is 2.31.